The third kappa shape index (κ3) is 4.67. The summed E-state index contributed by atoms with van der Waals surface area (Å²) in [6.07, 6.45) is 3.49. The van der Waals surface area contributed by atoms with E-state index in [-0.39, 0.29) is 18.5 Å². The van der Waals surface area contributed by atoms with Crippen LogP contribution in [-0.4, -0.2) is 26.7 Å². The number of carbonyl (C=O) groups is 1. The van der Waals surface area contributed by atoms with Crippen molar-refractivity contribution >= 4 is 18.1 Å². The first-order valence-corrected chi connectivity index (χ1v) is 10.3. The Labute approximate surface area is 166 Å². The topological polar surface area (TPSA) is 62.7 Å². The lowest BCUT2D eigenvalue weighted by Crippen LogP contribution is -2.46. The minimum Gasteiger partial charge on any atom is -0.352 e. The van der Waals surface area contributed by atoms with Crippen molar-refractivity contribution in [1.29, 1.82) is 0 Å². The van der Waals surface area contributed by atoms with E-state index >= 15 is 0 Å². The first kappa shape index (κ1) is 19.8. The van der Waals surface area contributed by atoms with E-state index in [1.807, 2.05) is 25.1 Å². The molecule has 27 heavy (non-hydrogen) atoms. The Morgan fingerprint density at radius 1 is 1.41 bits per heavy atom. The van der Waals surface area contributed by atoms with Crippen LogP contribution in [0.3, 0.4) is 0 Å². The smallest absolute Gasteiger partial charge is 0.240 e. The Kier molecular flexibility index (Phi) is 6.15. The predicted octanol–water partition coefficient (Wildman–Crippen LogP) is 4.49. The van der Waals surface area contributed by atoms with E-state index < -0.39 is 0 Å². The third-order valence-corrected chi connectivity index (χ3v) is 6.02. The van der Waals surface area contributed by atoms with Gasteiger partial charge in [0.2, 0.25) is 5.91 Å². The maximum Gasteiger partial charge on any atom is 0.240 e. The lowest BCUT2D eigenvalue weighted by atomic mass is 9.74. The van der Waals surface area contributed by atoms with Gasteiger partial charge in [-0.2, -0.15) is 5.10 Å². The largest absolute Gasteiger partial charge is 0.352 e. The second-order valence-electron chi connectivity index (χ2n) is 8.31. The molecule has 1 aromatic carbocycles. The molecule has 3 rings (SSSR count). The van der Waals surface area contributed by atoms with Crippen molar-refractivity contribution in [3.05, 3.63) is 34.6 Å². The van der Waals surface area contributed by atoms with Gasteiger partial charge in [0.05, 0.1) is 0 Å². The average molecular weight is 387 g/mol. The van der Waals surface area contributed by atoms with Gasteiger partial charge in [-0.3, -0.25) is 14.5 Å². The minimum absolute atomic E-state index is 0.00570. The van der Waals surface area contributed by atoms with Gasteiger partial charge in [0.1, 0.15) is 6.54 Å². The van der Waals surface area contributed by atoms with Crippen molar-refractivity contribution in [2.75, 3.05) is 0 Å². The predicted molar refractivity (Wildman–Crippen MR) is 111 cm³/mol. The number of amides is 1. The molecule has 3 unspecified atom stereocenters. The molecule has 1 saturated carbocycles. The first-order valence-electron chi connectivity index (χ1n) is 9.86. The molecule has 146 valence electrons. The number of nitrogens with zero attached hydrogens (tertiary/aromatic N) is 2. The number of aromatic nitrogens is 3. The number of aromatic amines is 1. The molecule has 1 amide bonds. The number of benzene rings is 1. The van der Waals surface area contributed by atoms with Crippen LogP contribution in [0.25, 0.3) is 11.4 Å². The highest BCUT2D eigenvalue weighted by Gasteiger charge is 2.31. The Hall–Kier alpha value is -1.95. The van der Waals surface area contributed by atoms with Gasteiger partial charge in [-0.15, -0.1) is 0 Å². The van der Waals surface area contributed by atoms with Gasteiger partial charge in [-0.1, -0.05) is 51.0 Å². The van der Waals surface area contributed by atoms with Crippen LogP contribution in [-0.2, 0) is 11.3 Å². The second-order valence-corrected chi connectivity index (χ2v) is 8.69. The fourth-order valence-electron chi connectivity index (χ4n) is 4.23. The minimum atomic E-state index is 0.00570. The highest BCUT2D eigenvalue weighted by atomic mass is 32.1. The van der Waals surface area contributed by atoms with E-state index in [2.05, 4.69) is 42.4 Å². The van der Waals surface area contributed by atoms with Gasteiger partial charge in [-0.05, 0) is 55.8 Å². The number of aryl methyl sites for hydroxylation is 1. The Morgan fingerprint density at radius 2 is 2.19 bits per heavy atom. The SMILES string of the molecule is Cc1cccc(-c2n[nH]c(=S)n2CC(=O)NC2CC(C)CCC2C(C)C)c1. The third-order valence-electron chi connectivity index (χ3n) is 5.70. The summed E-state index contributed by atoms with van der Waals surface area (Å²) in [5.41, 5.74) is 2.11. The molecular formula is C21H30N4OS. The van der Waals surface area contributed by atoms with Gasteiger partial charge in [-0.25, -0.2) is 0 Å². The standard InChI is InChI=1S/C21H30N4OS/c1-13(2)17-9-8-15(4)11-18(17)22-19(26)12-25-20(23-24-21(25)27)16-7-5-6-14(3)10-16/h5-7,10,13,15,17-18H,8-9,11-12H2,1-4H3,(H,22,26)(H,24,27). The molecule has 2 aromatic rings. The summed E-state index contributed by atoms with van der Waals surface area (Å²) in [7, 11) is 0. The molecular weight excluding hydrogens is 356 g/mol. The highest BCUT2D eigenvalue weighted by Crippen LogP contribution is 2.33. The normalized spacial score (nSPS) is 22.8. The Balaban J connectivity index is 1.76. The van der Waals surface area contributed by atoms with Crippen molar-refractivity contribution < 1.29 is 4.79 Å². The molecule has 1 heterocycles. The molecule has 6 heteroatoms. The fraction of sp³-hybridized carbons (Fsp3) is 0.571. The van der Waals surface area contributed by atoms with Gasteiger partial charge >= 0.3 is 0 Å². The molecule has 0 spiro atoms. The number of nitrogens with one attached hydrogen (secondary N) is 2. The number of rotatable bonds is 5. The van der Waals surface area contributed by atoms with Gasteiger partial charge < -0.3 is 5.32 Å². The van der Waals surface area contributed by atoms with Crippen LogP contribution in [0.15, 0.2) is 24.3 Å². The van der Waals surface area contributed by atoms with Crippen molar-refractivity contribution in [3.8, 4) is 11.4 Å². The molecule has 0 aliphatic heterocycles. The molecule has 1 aliphatic carbocycles. The summed E-state index contributed by atoms with van der Waals surface area (Å²) >= 11 is 5.38. The van der Waals surface area contributed by atoms with E-state index in [0.717, 1.165) is 17.5 Å². The number of carbonyl (C=O) groups excluding carboxylic acids is 1. The molecule has 5 nitrogen and oxygen atoms in total. The number of hydrogen-bond acceptors (Lipinski definition) is 3. The zero-order valence-corrected chi connectivity index (χ0v) is 17.5. The molecule has 1 fully saturated rings. The second kappa shape index (κ2) is 8.38. The molecule has 1 aromatic heterocycles. The fourth-order valence-corrected chi connectivity index (χ4v) is 4.43. The molecule has 3 atom stereocenters. The molecule has 0 saturated heterocycles. The van der Waals surface area contributed by atoms with Crippen molar-refractivity contribution in [2.24, 2.45) is 17.8 Å². The first-order chi connectivity index (χ1) is 12.8. The Bertz CT molecular complexity index is 854. The highest BCUT2D eigenvalue weighted by molar-refractivity contribution is 7.71. The van der Waals surface area contributed by atoms with Crippen LogP contribution in [0.4, 0.5) is 0 Å². The molecule has 2 N–H and O–H groups in total. The lowest BCUT2D eigenvalue weighted by Gasteiger charge is -2.37. The van der Waals surface area contributed by atoms with Crippen LogP contribution in [0.5, 0.6) is 0 Å². The van der Waals surface area contributed by atoms with Crippen LogP contribution in [0, 0.1) is 29.4 Å². The van der Waals surface area contributed by atoms with E-state index in [0.29, 0.717) is 28.3 Å². The zero-order valence-electron chi connectivity index (χ0n) is 16.7. The van der Waals surface area contributed by atoms with Gasteiger partial charge in [0.15, 0.2) is 10.6 Å². The quantitative estimate of drug-likeness (QED) is 0.744. The summed E-state index contributed by atoms with van der Waals surface area (Å²) in [5.74, 6) is 2.48. The summed E-state index contributed by atoms with van der Waals surface area (Å²) in [5, 5.41) is 10.5. The number of hydrogen-bond donors (Lipinski definition) is 2. The number of H-pyrrole nitrogens is 1. The maximum atomic E-state index is 12.8. The Morgan fingerprint density at radius 3 is 2.89 bits per heavy atom. The van der Waals surface area contributed by atoms with Crippen LogP contribution < -0.4 is 5.32 Å². The van der Waals surface area contributed by atoms with E-state index in [9.17, 15) is 4.79 Å². The summed E-state index contributed by atoms with van der Waals surface area (Å²) < 4.78 is 2.26. The van der Waals surface area contributed by atoms with Crippen molar-refractivity contribution in [2.45, 2.75) is 59.5 Å². The van der Waals surface area contributed by atoms with Gasteiger partial charge in [0.25, 0.3) is 0 Å². The van der Waals surface area contributed by atoms with E-state index in [4.69, 9.17) is 12.2 Å². The summed E-state index contributed by atoms with van der Waals surface area (Å²) in [4.78, 5) is 12.8. The molecule has 0 radical (unpaired) electrons. The monoisotopic (exact) mass is 386 g/mol. The van der Waals surface area contributed by atoms with Crippen LogP contribution in [0.2, 0.25) is 0 Å². The zero-order chi connectivity index (χ0) is 19.6. The molecule has 0 bridgehead atoms. The van der Waals surface area contributed by atoms with Crippen LogP contribution >= 0.6 is 12.2 Å². The van der Waals surface area contributed by atoms with Crippen molar-refractivity contribution in [3.63, 3.8) is 0 Å². The average Bonchev–Trinajstić information content (AvgIpc) is 2.95. The summed E-state index contributed by atoms with van der Waals surface area (Å²) in [6, 6.07) is 8.31. The van der Waals surface area contributed by atoms with E-state index in [1.54, 1.807) is 4.57 Å². The van der Waals surface area contributed by atoms with Gasteiger partial charge in [0, 0.05) is 11.6 Å². The molecule has 1 aliphatic rings. The van der Waals surface area contributed by atoms with Crippen LogP contribution in [0.1, 0.15) is 45.6 Å². The van der Waals surface area contributed by atoms with E-state index in [1.165, 1.54) is 12.8 Å². The van der Waals surface area contributed by atoms with Crippen molar-refractivity contribution in [1.82, 2.24) is 20.1 Å². The maximum absolute atomic E-state index is 12.8. The summed E-state index contributed by atoms with van der Waals surface area (Å²) in [6.45, 7) is 9.01. The lowest BCUT2D eigenvalue weighted by molar-refractivity contribution is -0.123.